The standard InChI is InChI=1S/C17H19N/c1-3-15(2)14-17(12-8-5-9-13-17)18-16-10-6-4-7-11-16/h3-12,14,18H,1,13H2,2H3. The number of para-hydroxylation sites is 1. The van der Waals surface area contributed by atoms with Crippen molar-refractivity contribution < 1.29 is 0 Å². The van der Waals surface area contributed by atoms with Gasteiger partial charge in [0.05, 0.1) is 5.54 Å². The van der Waals surface area contributed by atoms with Crippen molar-refractivity contribution in [1.29, 1.82) is 0 Å². The molecule has 0 saturated carbocycles. The van der Waals surface area contributed by atoms with Gasteiger partial charge in [0.1, 0.15) is 0 Å². The van der Waals surface area contributed by atoms with E-state index < -0.39 is 0 Å². The van der Waals surface area contributed by atoms with E-state index in [1.54, 1.807) is 0 Å². The first-order chi connectivity index (χ1) is 8.74. The van der Waals surface area contributed by atoms with Crippen LogP contribution >= 0.6 is 0 Å². The molecule has 0 fully saturated rings. The first-order valence-corrected chi connectivity index (χ1v) is 6.24. The van der Waals surface area contributed by atoms with Crippen LogP contribution in [0.1, 0.15) is 13.3 Å². The number of benzene rings is 1. The fourth-order valence-electron chi connectivity index (χ4n) is 2.13. The Morgan fingerprint density at radius 2 is 2.06 bits per heavy atom. The number of nitrogens with one attached hydrogen (secondary N) is 1. The van der Waals surface area contributed by atoms with E-state index in [2.05, 4.69) is 61.3 Å². The van der Waals surface area contributed by atoms with Crippen LogP contribution in [0.4, 0.5) is 5.69 Å². The third kappa shape index (κ3) is 3.01. The molecule has 1 heteroatoms. The predicted octanol–water partition coefficient (Wildman–Crippen LogP) is 4.49. The fraction of sp³-hybridized carbons (Fsp3) is 0.176. The summed E-state index contributed by atoms with van der Waals surface area (Å²) in [6.45, 7) is 5.90. The minimum atomic E-state index is -0.144. The Hall–Kier alpha value is -2.02. The number of anilines is 1. The van der Waals surface area contributed by atoms with Gasteiger partial charge in [0.25, 0.3) is 0 Å². The Bertz CT molecular complexity index is 494. The molecule has 1 unspecified atom stereocenters. The predicted molar refractivity (Wildman–Crippen MR) is 79.6 cm³/mol. The SMILES string of the molecule is C=CC(C)=CC1(Nc2ccccc2)C=CC=CC1. The molecule has 1 aliphatic rings. The number of allylic oxidation sites excluding steroid dienone is 4. The van der Waals surface area contributed by atoms with Crippen LogP contribution in [0.5, 0.6) is 0 Å². The van der Waals surface area contributed by atoms with Crippen LogP contribution in [0.15, 0.2) is 78.9 Å². The van der Waals surface area contributed by atoms with Crippen LogP contribution in [0, 0.1) is 0 Å². The van der Waals surface area contributed by atoms with Crippen LogP contribution in [-0.2, 0) is 0 Å². The van der Waals surface area contributed by atoms with Crippen molar-refractivity contribution in [1.82, 2.24) is 0 Å². The van der Waals surface area contributed by atoms with Gasteiger partial charge >= 0.3 is 0 Å². The van der Waals surface area contributed by atoms with Crippen molar-refractivity contribution in [2.45, 2.75) is 18.9 Å². The maximum atomic E-state index is 3.83. The molecule has 1 N–H and O–H groups in total. The summed E-state index contributed by atoms with van der Waals surface area (Å²) in [4.78, 5) is 0. The molecule has 1 atom stereocenters. The molecule has 1 aromatic rings. The van der Waals surface area contributed by atoms with E-state index >= 15 is 0 Å². The highest BCUT2D eigenvalue weighted by atomic mass is 15.0. The van der Waals surface area contributed by atoms with E-state index in [1.165, 1.54) is 5.57 Å². The summed E-state index contributed by atoms with van der Waals surface area (Å²) in [5, 5.41) is 3.60. The summed E-state index contributed by atoms with van der Waals surface area (Å²) in [7, 11) is 0. The molecule has 0 aliphatic heterocycles. The lowest BCUT2D eigenvalue weighted by Gasteiger charge is -2.31. The van der Waals surface area contributed by atoms with Crippen molar-refractivity contribution in [3.05, 3.63) is 78.9 Å². The maximum Gasteiger partial charge on any atom is 0.0783 e. The van der Waals surface area contributed by atoms with Gasteiger partial charge in [-0.25, -0.2) is 0 Å². The lowest BCUT2D eigenvalue weighted by atomic mass is 9.88. The average Bonchev–Trinajstić information content (AvgIpc) is 2.40. The Balaban J connectivity index is 2.29. The van der Waals surface area contributed by atoms with Gasteiger partial charge < -0.3 is 5.32 Å². The molecule has 0 radical (unpaired) electrons. The Morgan fingerprint density at radius 1 is 1.28 bits per heavy atom. The molecule has 1 aliphatic carbocycles. The molecule has 0 heterocycles. The molecule has 1 aromatic carbocycles. The number of hydrogen-bond acceptors (Lipinski definition) is 1. The van der Waals surface area contributed by atoms with Gasteiger partial charge in [-0.05, 0) is 25.5 Å². The quantitative estimate of drug-likeness (QED) is 0.761. The highest BCUT2D eigenvalue weighted by Crippen LogP contribution is 2.26. The zero-order valence-electron chi connectivity index (χ0n) is 10.8. The smallest absolute Gasteiger partial charge is 0.0783 e. The highest BCUT2D eigenvalue weighted by Gasteiger charge is 2.24. The van der Waals surface area contributed by atoms with Crippen molar-refractivity contribution in [2.24, 2.45) is 0 Å². The minimum absolute atomic E-state index is 0.144. The summed E-state index contributed by atoms with van der Waals surface area (Å²) < 4.78 is 0. The van der Waals surface area contributed by atoms with Crippen LogP contribution in [0.25, 0.3) is 0 Å². The van der Waals surface area contributed by atoms with E-state index in [4.69, 9.17) is 0 Å². The maximum absolute atomic E-state index is 3.83. The lowest BCUT2D eigenvalue weighted by molar-refractivity contribution is 0.710. The topological polar surface area (TPSA) is 12.0 Å². The molecule has 0 spiro atoms. The van der Waals surface area contributed by atoms with Gasteiger partial charge in [-0.1, -0.05) is 66.8 Å². The Kier molecular flexibility index (Phi) is 3.83. The van der Waals surface area contributed by atoms with Crippen LogP contribution < -0.4 is 5.32 Å². The van der Waals surface area contributed by atoms with Gasteiger partial charge in [0.2, 0.25) is 0 Å². The minimum Gasteiger partial charge on any atom is -0.372 e. The van der Waals surface area contributed by atoms with Gasteiger partial charge in [-0.3, -0.25) is 0 Å². The second-order valence-electron chi connectivity index (χ2n) is 4.62. The third-order valence-electron chi connectivity index (χ3n) is 3.05. The first-order valence-electron chi connectivity index (χ1n) is 6.24. The summed E-state index contributed by atoms with van der Waals surface area (Å²) in [5.41, 5.74) is 2.16. The molecule has 18 heavy (non-hydrogen) atoms. The molecule has 92 valence electrons. The van der Waals surface area contributed by atoms with Crippen molar-refractivity contribution in [3.63, 3.8) is 0 Å². The zero-order valence-corrected chi connectivity index (χ0v) is 10.8. The van der Waals surface area contributed by atoms with E-state index in [0.717, 1.165) is 12.1 Å². The second-order valence-corrected chi connectivity index (χ2v) is 4.62. The first kappa shape index (κ1) is 12.4. The Morgan fingerprint density at radius 3 is 2.67 bits per heavy atom. The van der Waals surface area contributed by atoms with Crippen molar-refractivity contribution in [2.75, 3.05) is 5.32 Å². The van der Waals surface area contributed by atoms with Crippen molar-refractivity contribution >= 4 is 5.69 Å². The zero-order chi connectivity index (χ0) is 12.8. The fourth-order valence-corrected chi connectivity index (χ4v) is 2.13. The summed E-state index contributed by atoms with van der Waals surface area (Å²) in [6.07, 6.45) is 13.6. The van der Waals surface area contributed by atoms with Crippen LogP contribution in [0.3, 0.4) is 0 Å². The molecular weight excluding hydrogens is 218 g/mol. The van der Waals surface area contributed by atoms with Crippen LogP contribution in [-0.4, -0.2) is 5.54 Å². The second kappa shape index (κ2) is 5.54. The third-order valence-corrected chi connectivity index (χ3v) is 3.05. The van der Waals surface area contributed by atoms with Gasteiger partial charge in [-0.15, -0.1) is 0 Å². The summed E-state index contributed by atoms with van der Waals surface area (Å²) in [6, 6.07) is 10.3. The largest absolute Gasteiger partial charge is 0.372 e. The average molecular weight is 237 g/mol. The lowest BCUT2D eigenvalue weighted by Crippen LogP contribution is -2.34. The molecule has 2 rings (SSSR count). The molecular formula is C17H19N. The number of hydrogen-bond donors (Lipinski definition) is 1. The van der Waals surface area contributed by atoms with E-state index in [9.17, 15) is 0 Å². The van der Waals surface area contributed by atoms with E-state index in [1.807, 2.05) is 24.3 Å². The Labute approximate surface area is 109 Å². The van der Waals surface area contributed by atoms with E-state index in [0.29, 0.717) is 0 Å². The van der Waals surface area contributed by atoms with Gasteiger partial charge in [0.15, 0.2) is 0 Å². The summed E-state index contributed by atoms with van der Waals surface area (Å²) >= 11 is 0. The van der Waals surface area contributed by atoms with Gasteiger partial charge in [-0.2, -0.15) is 0 Å². The summed E-state index contributed by atoms with van der Waals surface area (Å²) in [5.74, 6) is 0. The molecule has 0 amide bonds. The normalized spacial score (nSPS) is 22.8. The highest BCUT2D eigenvalue weighted by molar-refractivity contribution is 5.51. The number of rotatable bonds is 4. The molecule has 0 saturated heterocycles. The van der Waals surface area contributed by atoms with Gasteiger partial charge in [0, 0.05) is 5.69 Å². The molecule has 0 aromatic heterocycles. The van der Waals surface area contributed by atoms with Crippen LogP contribution in [0.2, 0.25) is 0 Å². The monoisotopic (exact) mass is 237 g/mol. The van der Waals surface area contributed by atoms with E-state index in [-0.39, 0.29) is 5.54 Å². The van der Waals surface area contributed by atoms with Crippen molar-refractivity contribution in [3.8, 4) is 0 Å². The molecule has 1 nitrogen and oxygen atoms in total. The molecule has 0 bridgehead atoms.